The smallest absolute Gasteiger partial charge is 0.510 e. The van der Waals surface area contributed by atoms with Gasteiger partial charge in [0.1, 0.15) is 11.6 Å². The van der Waals surface area contributed by atoms with Gasteiger partial charge in [0.05, 0.1) is 11.3 Å². The van der Waals surface area contributed by atoms with E-state index in [1.165, 1.54) is 16.7 Å². The van der Waals surface area contributed by atoms with Crippen LogP contribution in [-0.2, 0) is 21.1 Å². The second kappa shape index (κ2) is 12.1. The van der Waals surface area contributed by atoms with Crippen LogP contribution in [0.25, 0.3) is 28.3 Å². The molecule has 5 nitrogen and oxygen atoms in total. The number of phenols is 1. The fourth-order valence-electron chi connectivity index (χ4n) is 5.08. The molecule has 0 spiro atoms. The van der Waals surface area contributed by atoms with Gasteiger partial charge >= 0.3 is 21.1 Å². The van der Waals surface area contributed by atoms with E-state index in [0.717, 1.165) is 28.5 Å². The molecular weight excluding hydrogens is 675 g/mol. The van der Waals surface area contributed by atoms with Crippen molar-refractivity contribution >= 4 is 5.69 Å². The summed E-state index contributed by atoms with van der Waals surface area (Å²) in [5.41, 5.74) is 8.41. The molecular formula is C34H38N4OPt. The monoisotopic (exact) mass is 713 g/mol. The Morgan fingerprint density at radius 3 is 2.10 bits per heavy atom. The SMILES string of the molecule is CC(C)c1cc(C(C)C)c(-n2cc(-c3[c-]c(N4C=CN(C)[CH-]4)ccc3)nc2-c2ccccc2O)c(C(C)C)c1.[Pt+2]. The molecule has 0 saturated carbocycles. The Kier molecular flexibility index (Phi) is 8.95. The van der Waals surface area contributed by atoms with Crippen LogP contribution in [0.15, 0.2) is 73.2 Å². The van der Waals surface area contributed by atoms with Gasteiger partial charge in [0.2, 0.25) is 0 Å². The zero-order valence-electron chi connectivity index (χ0n) is 24.3. The van der Waals surface area contributed by atoms with E-state index in [1.54, 1.807) is 6.07 Å². The minimum atomic E-state index is 0. The van der Waals surface area contributed by atoms with Crippen molar-refractivity contribution in [3.8, 4) is 34.1 Å². The third-order valence-electron chi connectivity index (χ3n) is 7.30. The van der Waals surface area contributed by atoms with Crippen LogP contribution in [-0.4, -0.2) is 26.6 Å². The number of para-hydroxylation sites is 1. The molecule has 0 amide bonds. The Labute approximate surface area is 253 Å². The van der Waals surface area contributed by atoms with Gasteiger partial charge in [-0.1, -0.05) is 71.5 Å². The van der Waals surface area contributed by atoms with Crippen LogP contribution in [0.4, 0.5) is 5.69 Å². The third kappa shape index (κ3) is 5.76. The van der Waals surface area contributed by atoms with Crippen molar-refractivity contribution in [3.63, 3.8) is 0 Å². The molecule has 0 fully saturated rings. The van der Waals surface area contributed by atoms with E-state index in [-0.39, 0.29) is 26.8 Å². The fraction of sp³-hybridized carbons (Fsp3) is 0.294. The van der Waals surface area contributed by atoms with Crippen molar-refractivity contribution in [1.82, 2.24) is 14.5 Å². The first kappa shape index (κ1) is 29.7. The summed E-state index contributed by atoms with van der Waals surface area (Å²) < 4.78 is 2.19. The van der Waals surface area contributed by atoms with Gasteiger partial charge in [0.15, 0.2) is 0 Å². The Morgan fingerprint density at radius 1 is 0.850 bits per heavy atom. The van der Waals surface area contributed by atoms with Crippen LogP contribution >= 0.6 is 0 Å². The molecule has 0 unspecified atom stereocenters. The molecule has 4 aromatic rings. The van der Waals surface area contributed by atoms with Crippen LogP contribution in [0.2, 0.25) is 0 Å². The van der Waals surface area contributed by atoms with Gasteiger partial charge in [-0.25, -0.2) is 0 Å². The van der Waals surface area contributed by atoms with Crippen molar-refractivity contribution in [2.24, 2.45) is 0 Å². The number of nitrogens with zero attached hydrogens (tertiary/aromatic N) is 4. The predicted octanol–water partition coefficient (Wildman–Crippen LogP) is 8.42. The largest absolute Gasteiger partial charge is 2.00 e. The van der Waals surface area contributed by atoms with E-state index in [4.69, 9.17) is 4.98 Å². The first-order chi connectivity index (χ1) is 18.6. The van der Waals surface area contributed by atoms with E-state index in [1.807, 2.05) is 72.3 Å². The summed E-state index contributed by atoms with van der Waals surface area (Å²) in [4.78, 5) is 9.20. The summed E-state index contributed by atoms with van der Waals surface area (Å²) >= 11 is 0. The van der Waals surface area contributed by atoms with Crippen LogP contribution < -0.4 is 4.90 Å². The molecule has 1 aromatic heterocycles. The van der Waals surface area contributed by atoms with Gasteiger partial charge in [-0.15, -0.1) is 29.8 Å². The first-order valence-electron chi connectivity index (χ1n) is 13.8. The number of benzene rings is 3. The number of aromatic nitrogens is 2. The Morgan fingerprint density at radius 2 is 1.52 bits per heavy atom. The van der Waals surface area contributed by atoms with Gasteiger partial charge < -0.3 is 19.5 Å². The molecule has 210 valence electrons. The standard InChI is InChI=1S/C34H38N4O.Pt/c1-22(2)26-18-29(23(3)4)33(30(19-26)24(5)6)38-20-31(35-34(38)28-13-8-9-14-32(28)39)25-11-10-12-27(17-25)37-16-15-36(7)21-37;/h8-16,18-24,39H,1-7H3;/q-2;+2. The molecule has 0 aliphatic carbocycles. The quantitative estimate of drug-likeness (QED) is 0.196. The average Bonchev–Trinajstić information content (AvgIpc) is 3.55. The molecule has 0 saturated heterocycles. The van der Waals surface area contributed by atoms with E-state index >= 15 is 0 Å². The van der Waals surface area contributed by atoms with Gasteiger partial charge in [-0.2, -0.15) is 6.67 Å². The summed E-state index contributed by atoms with van der Waals surface area (Å²) in [5.74, 6) is 1.98. The second-order valence-electron chi connectivity index (χ2n) is 11.3. The van der Waals surface area contributed by atoms with Gasteiger partial charge in [0, 0.05) is 5.69 Å². The maximum absolute atomic E-state index is 10.9. The molecule has 40 heavy (non-hydrogen) atoms. The minimum Gasteiger partial charge on any atom is -0.510 e. The average molecular weight is 714 g/mol. The molecule has 0 radical (unpaired) electrons. The number of phenolic OH excluding ortho intramolecular Hbond substituents is 1. The van der Waals surface area contributed by atoms with Gasteiger partial charge in [-0.3, -0.25) is 4.98 Å². The first-order valence-corrected chi connectivity index (χ1v) is 13.8. The molecule has 5 rings (SSSR count). The number of rotatable bonds is 7. The van der Waals surface area contributed by atoms with Crippen molar-refractivity contribution in [3.05, 3.63) is 103 Å². The second-order valence-corrected chi connectivity index (χ2v) is 11.3. The van der Waals surface area contributed by atoms with E-state index in [9.17, 15) is 5.11 Å². The molecule has 1 N–H and O–H groups in total. The van der Waals surface area contributed by atoms with E-state index in [0.29, 0.717) is 23.3 Å². The van der Waals surface area contributed by atoms with Crippen molar-refractivity contribution in [1.29, 1.82) is 0 Å². The Bertz CT molecular complexity index is 1490. The number of hydrogen-bond acceptors (Lipinski definition) is 4. The molecule has 3 aromatic carbocycles. The van der Waals surface area contributed by atoms with E-state index in [2.05, 4.69) is 70.5 Å². The number of hydrogen-bond donors (Lipinski definition) is 1. The summed E-state index contributed by atoms with van der Waals surface area (Å²) in [6.07, 6.45) is 6.13. The molecule has 2 heterocycles. The van der Waals surface area contributed by atoms with Crippen LogP contribution in [0.3, 0.4) is 0 Å². The van der Waals surface area contributed by atoms with Crippen LogP contribution in [0, 0.1) is 12.7 Å². The maximum Gasteiger partial charge on any atom is 2.00 e. The van der Waals surface area contributed by atoms with Crippen molar-refractivity contribution in [2.75, 3.05) is 11.9 Å². The minimum absolute atomic E-state index is 0. The number of anilines is 1. The third-order valence-corrected chi connectivity index (χ3v) is 7.30. The zero-order valence-corrected chi connectivity index (χ0v) is 26.6. The number of imidazole rings is 1. The fourth-order valence-corrected chi connectivity index (χ4v) is 5.08. The molecule has 1 aliphatic rings. The summed E-state index contributed by atoms with van der Waals surface area (Å²) in [7, 11) is 2.00. The maximum atomic E-state index is 10.9. The van der Waals surface area contributed by atoms with Crippen LogP contribution in [0.1, 0.15) is 76.0 Å². The van der Waals surface area contributed by atoms with Gasteiger partial charge in [-0.05, 0) is 72.2 Å². The van der Waals surface area contributed by atoms with Gasteiger partial charge in [0.25, 0.3) is 0 Å². The normalized spacial score (nSPS) is 13.2. The Hall–Kier alpha value is -3.30. The van der Waals surface area contributed by atoms with Crippen LogP contribution in [0.5, 0.6) is 5.75 Å². The summed E-state index contributed by atoms with van der Waals surface area (Å²) in [5, 5.41) is 10.9. The summed E-state index contributed by atoms with van der Waals surface area (Å²) in [6, 6.07) is 21.8. The Balaban J connectivity index is 0.00000370. The van der Waals surface area contributed by atoms with Crippen molar-refractivity contribution < 1.29 is 26.2 Å². The van der Waals surface area contributed by atoms with Crippen molar-refractivity contribution in [2.45, 2.75) is 59.3 Å². The number of aromatic hydroxyl groups is 1. The predicted molar refractivity (Wildman–Crippen MR) is 161 cm³/mol. The molecule has 0 atom stereocenters. The topological polar surface area (TPSA) is 44.5 Å². The molecule has 0 bridgehead atoms. The summed E-state index contributed by atoms with van der Waals surface area (Å²) in [6.45, 7) is 15.5. The zero-order chi connectivity index (χ0) is 27.8. The van der Waals surface area contributed by atoms with E-state index < -0.39 is 0 Å². The molecule has 1 aliphatic heterocycles. The molecule has 6 heteroatoms.